The number of fused-ring (bicyclic) bond motifs is 3. The van der Waals surface area contributed by atoms with Gasteiger partial charge in [-0.25, -0.2) is 0 Å². The van der Waals surface area contributed by atoms with Crippen LogP contribution in [0.15, 0.2) is 115 Å². The van der Waals surface area contributed by atoms with Gasteiger partial charge in [0.2, 0.25) is 0 Å². The molecule has 3 heteroatoms. The van der Waals surface area contributed by atoms with Gasteiger partial charge in [-0.2, -0.15) is 10.5 Å². The first-order valence-corrected chi connectivity index (χ1v) is 11.4. The molecule has 1 aromatic heterocycles. The van der Waals surface area contributed by atoms with Crippen molar-refractivity contribution in [3.63, 3.8) is 0 Å². The lowest BCUT2D eigenvalue weighted by Crippen LogP contribution is -1.97. The molecule has 0 aliphatic heterocycles. The zero-order valence-corrected chi connectivity index (χ0v) is 18.8. The molecule has 0 atom stereocenters. The number of hydrogen-bond acceptors (Lipinski definition) is 2. The molecular weight excluding hydrogens is 426 g/mol. The van der Waals surface area contributed by atoms with Crippen LogP contribution in [0.4, 0.5) is 0 Å². The van der Waals surface area contributed by atoms with Crippen molar-refractivity contribution >= 4 is 21.8 Å². The van der Waals surface area contributed by atoms with Gasteiger partial charge in [0.1, 0.15) is 0 Å². The molecule has 1 heterocycles. The molecule has 0 saturated heterocycles. The van der Waals surface area contributed by atoms with Gasteiger partial charge in [0.25, 0.3) is 0 Å². The fourth-order valence-electron chi connectivity index (χ4n) is 4.95. The number of rotatable bonds is 3. The number of nitriles is 2. The van der Waals surface area contributed by atoms with Crippen LogP contribution >= 0.6 is 0 Å². The van der Waals surface area contributed by atoms with Gasteiger partial charge in [0.15, 0.2) is 0 Å². The summed E-state index contributed by atoms with van der Waals surface area (Å²) in [7, 11) is 0. The molecular formula is C32H19N3. The molecule has 0 spiro atoms. The normalized spacial score (nSPS) is 10.8. The van der Waals surface area contributed by atoms with Crippen LogP contribution in [0.2, 0.25) is 0 Å². The largest absolute Gasteiger partial charge is 0.309 e. The van der Waals surface area contributed by atoms with E-state index in [-0.39, 0.29) is 0 Å². The average molecular weight is 446 g/mol. The van der Waals surface area contributed by atoms with E-state index >= 15 is 0 Å². The summed E-state index contributed by atoms with van der Waals surface area (Å²) >= 11 is 0. The van der Waals surface area contributed by atoms with E-state index in [9.17, 15) is 10.5 Å². The Kier molecular flexibility index (Phi) is 4.88. The Labute approximate surface area is 203 Å². The van der Waals surface area contributed by atoms with Crippen molar-refractivity contribution in [1.29, 1.82) is 10.5 Å². The number of para-hydroxylation sites is 2. The van der Waals surface area contributed by atoms with Gasteiger partial charge in [-0.15, -0.1) is 0 Å². The summed E-state index contributed by atoms with van der Waals surface area (Å²) in [6, 6.07) is 43.2. The van der Waals surface area contributed by atoms with Crippen LogP contribution in [-0.2, 0) is 0 Å². The maximum atomic E-state index is 9.89. The van der Waals surface area contributed by atoms with Crippen LogP contribution in [-0.4, -0.2) is 4.57 Å². The van der Waals surface area contributed by atoms with Crippen molar-refractivity contribution in [1.82, 2.24) is 4.57 Å². The Bertz CT molecular complexity index is 1770. The second-order valence-corrected chi connectivity index (χ2v) is 8.42. The van der Waals surface area contributed by atoms with Gasteiger partial charge in [0, 0.05) is 27.6 Å². The van der Waals surface area contributed by atoms with Crippen molar-refractivity contribution in [2.45, 2.75) is 0 Å². The Hall–Kier alpha value is -5.12. The predicted octanol–water partition coefficient (Wildman–Crippen LogP) is 7.86. The Morgan fingerprint density at radius 3 is 1.89 bits per heavy atom. The summed E-state index contributed by atoms with van der Waals surface area (Å²) in [4.78, 5) is 0. The van der Waals surface area contributed by atoms with E-state index in [2.05, 4.69) is 65.2 Å². The van der Waals surface area contributed by atoms with E-state index in [1.165, 1.54) is 0 Å². The monoisotopic (exact) mass is 445 g/mol. The molecule has 0 bridgehead atoms. The van der Waals surface area contributed by atoms with E-state index < -0.39 is 0 Å². The van der Waals surface area contributed by atoms with E-state index in [1.54, 1.807) is 18.2 Å². The molecule has 0 saturated carbocycles. The van der Waals surface area contributed by atoms with E-state index in [0.29, 0.717) is 16.7 Å². The van der Waals surface area contributed by atoms with Crippen LogP contribution in [0.5, 0.6) is 0 Å². The fraction of sp³-hybridized carbons (Fsp3) is 0. The first-order valence-electron chi connectivity index (χ1n) is 11.4. The maximum absolute atomic E-state index is 9.89. The van der Waals surface area contributed by atoms with Crippen molar-refractivity contribution in [3.8, 4) is 40.1 Å². The first-order chi connectivity index (χ1) is 17.3. The molecule has 6 rings (SSSR count). The molecule has 0 unspecified atom stereocenters. The fourth-order valence-corrected chi connectivity index (χ4v) is 4.95. The molecule has 0 aliphatic carbocycles. The predicted molar refractivity (Wildman–Crippen MR) is 141 cm³/mol. The van der Waals surface area contributed by atoms with Crippen molar-refractivity contribution in [2.75, 3.05) is 0 Å². The summed E-state index contributed by atoms with van der Waals surface area (Å²) in [5, 5.41) is 22.0. The highest BCUT2D eigenvalue weighted by Gasteiger charge is 2.20. The Morgan fingerprint density at radius 2 is 1.20 bits per heavy atom. The van der Waals surface area contributed by atoms with E-state index in [4.69, 9.17) is 0 Å². The van der Waals surface area contributed by atoms with Gasteiger partial charge < -0.3 is 4.57 Å². The average Bonchev–Trinajstić information content (AvgIpc) is 3.27. The van der Waals surface area contributed by atoms with Gasteiger partial charge in [0.05, 0.1) is 34.3 Å². The van der Waals surface area contributed by atoms with Crippen LogP contribution < -0.4 is 0 Å². The summed E-state index contributed by atoms with van der Waals surface area (Å²) in [6.45, 7) is 0. The zero-order chi connectivity index (χ0) is 23.8. The van der Waals surface area contributed by atoms with Gasteiger partial charge in [-0.3, -0.25) is 0 Å². The lowest BCUT2D eigenvalue weighted by molar-refractivity contribution is 1.18. The number of nitrogens with zero attached hydrogens (tertiary/aromatic N) is 3. The highest BCUT2D eigenvalue weighted by atomic mass is 15.0. The molecule has 0 radical (unpaired) electrons. The molecule has 35 heavy (non-hydrogen) atoms. The van der Waals surface area contributed by atoms with Crippen LogP contribution in [0.1, 0.15) is 11.1 Å². The minimum absolute atomic E-state index is 0.492. The minimum Gasteiger partial charge on any atom is -0.309 e. The highest BCUT2D eigenvalue weighted by molar-refractivity contribution is 6.15. The smallest absolute Gasteiger partial charge is 0.0998 e. The minimum atomic E-state index is 0.492. The third-order valence-corrected chi connectivity index (χ3v) is 6.48. The second-order valence-electron chi connectivity index (χ2n) is 8.42. The van der Waals surface area contributed by atoms with Crippen molar-refractivity contribution < 1.29 is 0 Å². The van der Waals surface area contributed by atoms with Gasteiger partial charge in [-0.1, -0.05) is 78.9 Å². The molecule has 162 valence electrons. The van der Waals surface area contributed by atoms with Crippen molar-refractivity contribution in [3.05, 3.63) is 126 Å². The number of hydrogen-bond donors (Lipinski definition) is 0. The summed E-state index contributed by atoms with van der Waals surface area (Å²) in [6.07, 6.45) is 0. The van der Waals surface area contributed by atoms with Gasteiger partial charge >= 0.3 is 0 Å². The lowest BCUT2D eigenvalue weighted by Gasteiger charge is -2.13. The SMILES string of the molecule is N#Cc1cccc(C#N)c1-c1cccc2c3cc(-c4ccccc4)ccc3n(-c3ccccc3)c12. The summed E-state index contributed by atoms with van der Waals surface area (Å²) in [5.41, 5.74) is 7.92. The molecule has 5 aromatic carbocycles. The van der Waals surface area contributed by atoms with E-state index in [1.807, 2.05) is 48.5 Å². The topological polar surface area (TPSA) is 52.5 Å². The molecule has 3 nitrogen and oxygen atoms in total. The Morgan fingerprint density at radius 1 is 0.543 bits per heavy atom. The Balaban J connectivity index is 1.78. The zero-order valence-electron chi connectivity index (χ0n) is 18.8. The summed E-state index contributed by atoms with van der Waals surface area (Å²) < 4.78 is 2.24. The number of aromatic nitrogens is 1. The second kappa shape index (κ2) is 8.34. The first kappa shape index (κ1) is 20.5. The molecule has 0 amide bonds. The summed E-state index contributed by atoms with van der Waals surface area (Å²) in [5.74, 6) is 0. The lowest BCUT2D eigenvalue weighted by atomic mass is 9.93. The standard InChI is InChI=1S/C32H19N3/c33-20-24-11-7-12-25(21-34)31(24)28-16-8-15-27-29-19-23(22-9-3-1-4-10-22)17-18-30(29)35(32(27)28)26-13-5-2-6-14-26/h1-19H. The van der Waals surface area contributed by atoms with Crippen LogP contribution in [0, 0.1) is 22.7 Å². The van der Waals surface area contributed by atoms with Crippen LogP contribution in [0.25, 0.3) is 49.7 Å². The molecule has 0 N–H and O–H groups in total. The van der Waals surface area contributed by atoms with E-state index in [0.717, 1.165) is 44.2 Å². The maximum Gasteiger partial charge on any atom is 0.0998 e. The molecule has 0 aliphatic rings. The quantitative estimate of drug-likeness (QED) is 0.278. The third-order valence-electron chi connectivity index (χ3n) is 6.48. The molecule has 0 fully saturated rings. The highest BCUT2D eigenvalue weighted by Crippen LogP contribution is 2.41. The van der Waals surface area contributed by atoms with Crippen molar-refractivity contribution in [2.24, 2.45) is 0 Å². The molecule has 6 aromatic rings. The third kappa shape index (κ3) is 3.27. The number of benzene rings is 5. The van der Waals surface area contributed by atoms with Crippen LogP contribution in [0.3, 0.4) is 0 Å². The van der Waals surface area contributed by atoms with Gasteiger partial charge in [-0.05, 0) is 47.5 Å².